The molecule has 2 aromatic heterocycles. The van der Waals surface area contributed by atoms with Gasteiger partial charge in [-0.05, 0) is 11.8 Å². The molecule has 5 nitrogen and oxygen atoms in total. The minimum Gasteiger partial charge on any atom is -0.293 e. The van der Waals surface area contributed by atoms with Crippen molar-refractivity contribution in [1.29, 1.82) is 0 Å². The average molecular weight is 248 g/mol. The van der Waals surface area contributed by atoms with Crippen LogP contribution in [0.25, 0.3) is 10.7 Å². The van der Waals surface area contributed by atoms with Gasteiger partial charge in [-0.1, -0.05) is 13.8 Å². The van der Waals surface area contributed by atoms with E-state index in [1.165, 1.54) is 11.3 Å². The molecule has 88 valence electrons. The van der Waals surface area contributed by atoms with E-state index in [-0.39, 0.29) is 11.2 Å². The fourth-order valence-corrected chi connectivity index (χ4v) is 3.11. The van der Waals surface area contributed by atoms with E-state index in [4.69, 9.17) is 0 Å². The predicted octanol–water partition coefficient (Wildman–Crippen LogP) is 2.08. The van der Waals surface area contributed by atoms with Gasteiger partial charge in [0.25, 0.3) is 0 Å². The SMILES string of the molecule is CC1(C)CC(=O)c2sc(-c3cn[nH]n3)nc2C1. The fraction of sp³-hybridized carbons (Fsp3) is 0.455. The number of hydrogen-bond acceptors (Lipinski definition) is 5. The molecule has 0 atom stereocenters. The molecule has 0 amide bonds. The van der Waals surface area contributed by atoms with Crippen molar-refractivity contribution < 1.29 is 4.79 Å². The van der Waals surface area contributed by atoms with Crippen LogP contribution in [0.5, 0.6) is 0 Å². The van der Waals surface area contributed by atoms with Crippen LogP contribution in [0.2, 0.25) is 0 Å². The van der Waals surface area contributed by atoms with E-state index in [0.717, 1.165) is 22.0 Å². The van der Waals surface area contributed by atoms with Gasteiger partial charge in [-0.2, -0.15) is 15.4 Å². The van der Waals surface area contributed by atoms with E-state index in [1.807, 2.05) is 0 Å². The summed E-state index contributed by atoms with van der Waals surface area (Å²) in [7, 11) is 0. The van der Waals surface area contributed by atoms with Crippen molar-refractivity contribution in [3.05, 3.63) is 16.8 Å². The van der Waals surface area contributed by atoms with Crippen LogP contribution in [0.1, 0.15) is 35.6 Å². The number of nitrogens with one attached hydrogen (secondary N) is 1. The number of rotatable bonds is 1. The molecule has 3 rings (SSSR count). The van der Waals surface area contributed by atoms with Crippen molar-refractivity contribution in [2.24, 2.45) is 5.41 Å². The Morgan fingerprint density at radius 1 is 1.41 bits per heavy atom. The second-order valence-corrected chi connectivity index (χ2v) is 6.09. The number of carbonyl (C=O) groups is 1. The third-order valence-corrected chi connectivity index (χ3v) is 4.03. The lowest BCUT2D eigenvalue weighted by Crippen LogP contribution is -2.25. The molecule has 0 fully saturated rings. The Balaban J connectivity index is 2.07. The third-order valence-electron chi connectivity index (χ3n) is 2.87. The molecule has 2 heterocycles. The molecule has 17 heavy (non-hydrogen) atoms. The van der Waals surface area contributed by atoms with Gasteiger partial charge in [-0.3, -0.25) is 4.79 Å². The number of H-pyrrole nitrogens is 1. The summed E-state index contributed by atoms with van der Waals surface area (Å²) in [5.41, 5.74) is 1.63. The number of aromatic nitrogens is 4. The summed E-state index contributed by atoms with van der Waals surface area (Å²) < 4.78 is 0. The molecule has 6 heteroatoms. The Morgan fingerprint density at radius 3 is 2.94 bits per heavy atom. The maximum Gasteiger partial charge on any atom is 0.175 e. The first kappa shape index (κ1) is 10.6. The first-order valence-corrected chi connectivity index (χ1v) is 6.26. The second-order valence-electron chi connectivity index (χ2n) is 5.09. The fourth-order valence-electron chi connectivity index (χ4n) is 2.13. The number of nitrogens with zero attached hydrogens (tertiary/aromatic N) is 3. The number of carbonyl (C=O) groups excluding carboxylic acids is 1. The quantitative estimate of drug-likeness (QED) is 0.838. The maximum atomic E-state index is 12.0. The largest absolute Gasteiger partial charge is 0.293 e. The van der Waals surface area contributed by atoms with Crippen molar-refractivity contribution in [1.82, 2.24) is 20.4 Å². The normalized spacial score (nSPS) is 18.1. The number of Topliss-reactive ketones (excluding diaryl/α,β-unsaturated/α-hetero) is 1. The summed E-state index contributed by atoms with van der Waals surface area (Å²) >= 11 is 1.42. The topological polar surface area (TPSA) is 71.5 Å². The molecule has 0 aliphatic heterocycles. The summed E-state index contributed by atoms with van der Waals surface area (Å²) in [4.78, 5) is 17.3. The highest BCUT2D eigenvalue weighted by molar-refractivity contribution is 7.17. The molecule has 2 aromatic rings. The Labute approximate surface area is 102 Å². The van der Waals surface area contributed by atoms with E-state index in [9.17, 15) is 4.79 Å². The smallest absolute Gasteiger partial charge is 0.175 e. The lowest BCUT2D eigenvalue weighted by atomic mass is 9.78. The van der Waals surface area contributed by atoms with Crippen LogP contribution in [-0.2, 0) is 6.42 Å². The maximum absolute atomic E-state index is 12.0. The number of aromatic amines is 1. The zero-order valence-electron chi connectivity index (χ0n) is 9.65. The Hall–Kier alpha value is -1.56. The van der Waals surface area contributed by atoms with Crippen LogP contribution in [0.4, 0.5) is 0 Å². The van der Waals surface area contributed by atoms with E-state index in [2.05, 4.69) is 34.2 Å². The Morgan fingerprint density at radius 2 is 2.24 bits per heavy atom. The van der Waals surface area contributed by atoms with Crippen molar-refractivity contribution in [3.8, 4) is 10.7 Å². The Kier molecular flexibility index (Phi) is 2.16. The molecule has 0 radical (unpaired) electrons. The van der Waals surface area contributed by atoms with Crippen LogP contribution in [0.3, 0.4) is 0 Å². The van der Waals surface area contributed by atoms with Gasteiger partial charge in [-0.15, -0.1) is 11.3 Å². The van der Waals surface area contributed by atoms with Crippen LogP contribution in [0.15, 0.2) is 6.20 Å². The highest BCUT2D eigenvalue weighted by Gasteiger charge is 2.34. The zero-order valence-corrected chi connectivity index (χ0v) is 10.5. The molecule has 0 unspecified atom stereocenters. The minimum atomic E-state index is 0.0131. The Bertz CT molecular complexity index is 570. The van der Waals surface area contributed by atoms with Crippen molar-refractivity contribution in [2.75, 3.05) is 0 Å². The van der Waals surface area contributed by atoms with Gasteiger partial charge in [-0.25, -0.2) is 4.98 Å². The first-order valence-electron chi connectivity index (χ1n) is 5.44. The van der Waals surface area contributed by atoms with E-state index in [1.54, 1.807) is 6.20 Å². The van der Waals surface area contributed by atoms with Crippen LogP contribution >= 0.6 is 11.3 Å². The van der Waals surface area contributed by atoms with Gasteiger partial charge in [0.1, 0.15) is 10.7 Å². The molecule has 0 spiro atoms. The lowest BCUT2D eigenvalue weighted by molar-refractivity contribution is 0.0916. The van der Waals surface area contributed by atoms with E-state index < -0.39 is 0 Å². The van der Waals surface area contributed by atoms with Crippen LogP contribution in [-0.4, -0.2) is 26.2 Å². The van der Waals surface area contributed by atoms with Crippen molar-refractivity contribution in [2.45, 2.75) is 26.7 Å². The van der Waals surface area contributed by atoms with Gasteiger partial charge < -0.3 is 0 Å². The van der Waals surface area contributed by atoms with Crippen LogP contribution < -0.4 is 0 Å². The molecule has 0 saturated carbocycles. The molecule has 0 bridgehead atoms. The second kappa shape index (κ2) is 3.46. The van der Waals surface area contributed by atoms with Crippen molar-refractivity contribution >= 4 is 17.1 Å². The van der Waals surface area contributed by atoms with E-state index in [0.29, 0.717) is 12.1 Å². The number of hydrogen-bond donors (Lipinski definition) is 1. The standard InChI is InChI=1S/C11H12N4OS/c1-11(2)3-6-9(8(16)4-11)17-10(13-6)7-5-12-15-14-7/h5H,3-4H2,1-2H3,(H,12,14,15). The van der Waals surface area contributed by atoms with Gasteiger partial charge in [0.15, 0.2) is 5.78 Å². The highest BCUT2D eigenvalue weighted by Crippen LogP contribution is 2.38. The van der Waals surface area contributed by atoms with Crippen molar-refractivity contribution in [3.63, 3.8) is 0 Å². The van der Waals surface area contributed by atoms with Gasteiger partial charge in [0.2, 0.25) is 0 Å². The third kappa shape index (κ3) is 1.78. The van der Waals surface area contributed by atoms with E-state index >= 15 is 0 Å². The summed E-state index contributed by atoms with van der Waals surface area (Å²) in [5, 5.41) is 11.1. The number of thiazole rings is 1. The predicted molar refractivity (Wildman–Crippen MR) is 63.9 cm³/mol. The molecular weight excluding hydrogens is 236 g/mol. The summed E-state index contributed by atoms with van der Waals surface area (Å²) in [6, 6.07) is 0. The minimum absolute atomic E-state index is 0.0131. The zero-order chi connectivity index (χ0) is 12.0. The molecule has 0 aromatic carbocycles. The van der Waals surface area contributed by atoms with Gasteiger partial charge in [0.05, 0.1) is 16.8 Å². The van der Waals surface area contributed by atoms with Gasteiger partial charge >= 0.3 is 0 Å². The summed E-state index contributed by atoms with van der Waals surface area (Å²) in [5.74, 6) is 0.198. The lowest BCUT2D eigenvalue weighted by Gasteiger charge is -2.26. The highest BCUT2D eigenvalue weighted by atomic mass is 32.1. The summed E-state index contributed by atoms with van der Waals surface area (Å²) in [6.45, 7) is 4.20. The molecule has 1 N–H and O–H groups in total. The molecule has 1 aliphatic rings. The van der Waals surface area contributed by atoms with Crippen LogP contribution in [0, 0.1) is 5.41 Å². The molecular formula is C11H12N4OS. The molecule has 0 saturated heterocycles. The summed E-state index contributed by atoms with van der Waals surface area (Å²) in [6.07, 6.45) is 3.07. The number of ketones is 1. The van der Waals surface area contributed by atoms with Gasteiger partial charge in [0, 0.05) is 6.42 Å². The molecule has 1 aliphatic carbocycles. The first-order chi connectivity index (χ1) is 8.05. The number of fused-ring (bicyclic) bond motifs is 1. The monoisotopic (exact) mass is 248 g/mol. The average Bonchev–Trinajstić information content (AvgIpc) is 2.81.